The molecule has 5 nitrogen and oxygen atoms in total. The van der Waals surface area contributed by atoms with Gasteiger partial charge in [0.15, 0.2) is 0 Å². The molecule has 1 N–H and O–H groups in total. The second-order valence-corrected chi connectivity index (χ2v) is 10.7. The number of aryl methyl sites for hydroxylation is 1. The lowest BCUT2D eigenvalue weighted by Gasteiger charge is -2.32. The number of carbonyl (C=O) groups is 1. The summed E-state index contributed by atoms with van der Waals surface area (Å²) in [6.07, 6.45) is 1.28. The van der Waals surface area contributed by atoms with Crippen molar-refractivity contribution in [3.05, 3.63) is 101 Å². The van der Waals surface area contributed by atoms with Gasteiger partial charge in [0.2, 0.25) is 15.9 Å². The van der Waals surface area contributed by atoms with Crippen molar-refractivity contribution in [2.75, 3.05) is 13.1 Å². The van der Waals surface area contributed by atoms with Crippen LogP contribution in [-0.2, 0) is 14.8 Å². The fourth-order valence-corrected chi connectivity index (χ4v) is 5.94. The van der Waals surface area contributed by atoms with Gasteiger partial charge in [-0.2, -0.15) is 4.31 Å². The molecule has 1 saturated heterocycles. The summed E-state index contributed by atoms with van der Waals surface area (Å²) in [7, 11) is -3.69. The third-order valence-corrected chi connectivity index (χ3v) is 8.26. The largest absolute Gasteiger partial charge is 0.345 e. The van der Waals surface area contributed by atoms with Crippen molar-refractivity contribution in [2.24, 2.45) is 5.92 Å². The Kier molecular flexibility index (Phi) is 7.17. The number of sulfonamides is 1. The van der Waals surface area contributed by atoms with Crippen LogP contribution < -0.4 is 5.32 Å². The molecule has 1 aliphatic heterocycles. The number of hydrogen-bond acceptors (Lipinski definition) is 3. The Hall–Kier alpha value is -2.67. The maximum absolute atomic E-state index is 13.4. The van der Waals surface area contributed by atoms with Gasteiger partial charge >= 0.3 is 0 Å². The van der Waals surface area contributed by atoms with Gasteiger partial charge in [-0.3, -0.25) is 4.79 Å². The summed E-state index contributed by atoms with van der Waals surface area (Å²) >= 11 is 5.91. The topological polar surface area (TPSA) is 66.5 Å². The SMILES string of the molecule is Cc1ccccc1[C@@H](NC(=O)[C@H]1CCCN(S(=O)(=O)c2ccc(Cl)cc2)C1)c1ccccc1. The van der Waals surface area contributed by atoms with E-state index in [0.717, 1.165) is 16.7 Å². The van der Waals surface area contributed by atoms with Gasteiger partial charge < -0.3 is 5.32 Å². The molecule has 2 atom stereocenters. The second-order valence-electron chi connectivity index (χ2n) is 8.36. The smallest absolute Gasteiger partial charge is 0.243 e. The second kappa shape index (κ2) is 10.1. The van der Waals surface area contributed by atoms with Crippen LogP contribution in [0.2, 0.25) is 5.02 Å². The molecule has 3 aromatic carbocycles. The quantitative estimate of drug-likeness (QED) is 0.540. The zero-order valence-electron chi connectivity index (χ0n) is 18.4. The number of amides is 1. The van der Waals surface area contributed by atoms with E-state index in [1.54, 1.807) is 12.1 Å². The average molecular weight is 483 g/mol. The lowest BCUT2D eigenvalue weighted by Crippen LogP contribution is -2.46. The fourth-order valence-electron chi connectivity index (χ4n) is 4.29. The summed E-state index contributed by atoms with van der Waals surface area (Å²) < 4.78 is 27.7. The monoisotopic (exact) mass is 482 g/mol. The van der Waals surface area contributed by atoms with E-state index in [1.807, 2.05) is 61.5 Å². The number of piperidine rings is 1. The molecule has 1 fully saturated rings. The van der Waals surface area contributed by atoms with Crippen LogP contribution in [0.4, 0.5) is 0 Å². The van der Waals surface area contributed by atoms with Gasteiger partial charge in [0, 0.05) is 18.1 Å². The molecule has 33 heavy (non-hydrogen) atoms. The maximum atomic E-state index is 13.4. The molecule has 1 heterocycles. The van der Waals surface area contributed by atoms with E-state index in [0.29, 0.717) is 24.4 Å². The maximum Gasteiger partial charge on any atom is 0.243 e. The van der Waals surface area contributed by atoms with Crippen molar-refractivity contribution in [3.63, 3.8) is 0 Å². The number of hydrogen-bond donors (Lipinski definition) is 1. The third-order valence-electron chi connectivity index (χ3n) is 6.13. The highest BCUT2D eigenvalue weighted by Crippen LogP contribution is 2.28. The van der Waals surface area contributed by atoms with Gasteiger partial charge in [-0.1, -0.05) is 66.2 Å². The lowest BCUT2D eigenvalue weighted by molar-refractivity contribution is -0.126. The van der Waals surface area contributed by atoms with Crippen molar-refractivity contribution in [2.45, 2.75) is 30.7 Å². The predicted octanol–water partition coefficient (Wildman–Crippen LogP) is 4.95. The summed E-state index contributed by atoms with van der Waals surface area (Å²) in [5.74, 6) is -0.556. The van der Waals surface area contributed by atoms with Crippen LogP contribution in [0.25, 0.3) is 0 Å². The molecule has 0 radical (unpaired) electrons. The lowest BCUT2D eigenvalue weighted by atomic mass is 9.93. The van der Waals surface area contributed by atoms with E-state index in [9.17, 15) is 13.2 Å². The number of nitrogens with zero attached hydrogens (tertiary/aromatic N) is 1. The third kappa shape index (κ3) is 5.29. The fraction of sp³-hybridized carbons (Fsp3) is 0.269. The molecular weight excluding hydrogens is 456 g/mol. The number of rotatable bonds is 6. The van der Waals surface area contributed by atoms with Crippen molar-refractivity contribution in [1.82, 2.24) is 9.62 Å². The van der Waals surface area contributed by atoms with E-state index in [1.165, 1.54) is 16.4 Å². The summed E-state index contributed by atoms with van der Waals surface area (Å²) in [6.45, 7) is 2.58. The van der Waals surface area contributed by atoms with Gasteiger partial charge in [0.05, 0.1) is 16.9 Å². The number of benzene rings is 3. The molecule has 0 saturated carbocycles. The van der Waals surface area contributed by atoms with Crippen LogP contribution >= 0.6 is 11.6 Å². The number of carbonyl (C=O) groups excluding carboxylic acids is 1. The van der Waals surface area contributed by atoms with E-state index < -0.39 is 15.9 Å². The number of nitrogens with one attached hydrogen (secondary N) is 1. The van der Waals surface area contributed by atoms with E-state index >= 15 is 0 Å². The summed E-state index contributed by atoms with van der Waals surface area (Å²) in [4.78, 5) is 13.6. The molecule has 4 rings (SSSR count). The first-order valence-electron chi connectivity index (χ1n) is 11.0. The molecule has 1 amide bonds. The Morgan fingerprint density at radius 1 is 1.00 bits per heavy atom. The molecule has 1 aliphatic rings. The first kappa shape index (κ1) is 23.5. The number of halogens is 1. The zero-order valence-corrected chi connectivity index (χ0v) is 20.0. The van der Waals surface area contributed by atoms with Crippen molar-refractivity contribution in [3.8, 4) is 0 Å². The average Bonchev–Trinajstić information content (AvgIpc) is 2.84. The van der Waals surface area contributed by atoms with Crippen LogP contribution in [0, 0.1) is 12.8 Å². The minimum Gasteiger partial charge on any atom is -0.345 e. The highest BCUT2D eigenvalue weighted by molar-refractivity contribution is 7.89. The Morgan fingerprint density at radius 3 is 2.36 bits per heavy atom. The molecule has 0 unspecified atom stereocenters. The van der Waals surface area contributed by atoms with Gasteiger partial charge in [0.1, 0.15) is 0 Å². The summed E-state index contributed by atoms with van der Waals surface area (Å²) in [5, 5.41) is 3.68. The van der Waals surface area contributed by atoms with E-state index in [-0.39, 0.29) is 23.4 Å². The van der Waals surface area contributed by atoms with Crippen molar-refractivity contribution in [1.29, 1.82) is 0 Å². The molecule has 7 heteroatoms. The summed E-state index contributed by atoms with van der Waals surface area (Å²) in [5.41, 5.74) is 3.10. The van der Waals surface area contributed by atoms with Crippen LogP contribution in [0.1, 0.15) is 35.6 Å². The van der Waals surface area contributed by atoms with Crippen LogP contribution in [0.5, 0.6) is 0 Å². The molecule has 3 aromatic rings. The molecular formula is C26H27ClN2O3S. The Morgan fingerprint density at radius 2 is 1.67 bits per heavy atom. The van der Waals surface area contributed by atoms with Crippen LogP contribution in [0.15, 0.2) is 83.8 Å². The molecule has 0 aromatic heterocycles. The zero-order chi connectivity index (χ0) is 23.4. The van der Waals surface area contributed by atoms with E-state index in [2.05, 4.69) is 5.32 Å². The van der Waals surface area contributed by atoms with Crippen molar-refractivity contribution < 1.29 is 13.2 Å². The highest BCUT2D eigenvalue weighted by Gasteiger charge is 2.34. The van der Waals surface area contributed by atoms with Crippen LogP contribution in [-0.4, -0.2) is 31.7 Å². The van der Waals surface area contributed by atoms with Gasteiger partial charge in [-0.15, -0.1) is 0 Å². The minimum atomic E-state index is -3.69. The molecule has 0 bridgehead atoms. The van der Waals surface area contributed by atoms with Crippen LogP contribution in [0.3, 0.4) is 0 Å². The van der Waals surface area contributed by atoms with Crippen molar-refractivity contribution >= 4 is 27.5 Å². The molecule has 0 spiro atoms. The summed E-state index contributed by atoms with van der Waals surface area (Å²) in [6, 6.07) is 23.7. The highest BCUT2D eigenvalue weighted by atomic mass is 35.5. The van der Waals surface area contributed by atoms with E-state index in [4.69, 9.17) is 11.6 Å². The first-order valence-corrected chi connectivity index (χ1v) is 12.8. The molecule has 172 valence electrons. The Bertz CT molecular complexity index is 1210. The van der Waals surface area contributed by atoms with Gasteiger partial charge in [-0.25, -0.2) is 8.42 Å². The molecule has 0 aliphatic carbocycles. The Balaban J connectivity index is 1.55. The van der Waals surface area contributed by atoms with Gasteiger partial charge in [0.25, 0.3) is 0 Å². The standard InChI is InChI=1S/C26H27ClN2O3S/c1-19-8-5-6-12-24(19)25(20-9-3-2-4-10-20)28-26(30)21-11-7-17-29(18-21)33(31,32)23-15-13-22(27)14-16-23/h2-6,8-10,12-16,21,25H,7,11,17-18H2,1H3,(H,28,30)/t21-,25-/m0/s1. The minimum absolute atomic E-state index is 0.136. The normalized spacial score (nSPS) is 17.9. The first-order chi connectivity index (χ1) is 15.9. The predicted molar refractivity (Wildman–Crippen MR) is 131 cm³/mol. The Labute approximate surface area is 200 Å². The van der Waals surface area contributed by atoms with Gasteiger partial charge in [-0.05, 0) is 60.7 Å².